The predicted molar refractivity (Wildman–Crippen MR) is 361 cm³/mol. The number of para-hydroxylation sites is 7. The summed E-state index contributed by atoms with van der Waals surface area (Å²) in [6, 6.07) is 104. The Balaban J connectivity index is 0.000000142. The quantitative estimate of drug-likeness (QED) is 0.151. The van der Waals surface area contributed by atoms with E-state index in [2.05, 4.69) is 249 Å². The van der Waals surface area contributed by atoms with Crippen LogP contribution in [0.1, 0.15) is 0 Å². The van der Waals surface area contributed by atoms with Crippen molar-refractivity contribution in [1.82, 2.24) is 43.2 Å². The van der Waals surface area contributed by atoms with Gasteiger partial charge in [0.2, 0.25) is 5.95 Å². The van der Waals surface area contributed by atoms with Gasteiger partial charge in [-0.05, 0) is 103 Å². The first kappa shape index (κ1) is 50.4. The molecule has 0 bridgehead atoms. The first-order chi connectivity index (χ1) is 43.7. The zero-order valence-electron chi connectivity index (χ0n) is 47.5. The highest BCUT2D eigenvalue weighted by molar-refractivity contribution is 6.14. The molecule has 0 aliphatic rings. The number of fused-ring (bicyclic) bond motifs is 12. The van der Waals surface area contributed by atoms with E-state index in [0.717, 1.165) is 88.8 Å². The van der Waals surface area contributed by atoms with Crippen LogP contribution in [0, 0.1) is 0 Å². The Morgan fingerprint density at radius 3 is 1.12 bits per heavy atom. The maximum Gasteiger partial charge on any atom is 0.238 e. The molecular weight excluding hydrogens is 1070 g/mol. The third-order valence-corrected chi connectivity index (χ3v) is 17.0. The van der Waals surface area contributed by atoms with Crippen molar-refractivity contribution in [3.8, 4) is 68.2 Å². The molecule has 88 heavy (non-hydrogen) atoms. The summed E-state index contributed by atoms with van der Waals surface area (Å²) in [7, 11) is 0. The van der Waals surface area contributed by atoms with Gasteiger partial charge in [-0.1, -0.05) is 200 Å². The van der Waals surface area contributed by atoms with E-state index < -0.39 is 0 Å². The third kappa shape index (κ3) is 8.43. The van der Waals surface area contributed by atoms with Crippen molar-refractivity contribution < 1.29 is 0 Å². The van der Waals surface area contributed by atoms with Crippen molar-refractivity contribution >= 4 is 87.4 Å². The van der Waals surface area contributed by atoms with Crippen molar-refractivity contribution in [3.63, 3.8) is 0 Å². The van der Waals surface area contributed by atoms with Gasteiger partial charge in [-0.3, -0.25) is 14.1 Å². The van der Waals surface area contributed by atoms with Gasteiger partial charge >= 0.3 is 0 Å². The molecule has 412 valence electrons. The lowest BCUT2D eigenvalue weighted by molar-refractivity contribution is 0.953. The summed E-state index contributed by atoms with van der Waals surface area (Å²) in [5.41, 5.74) is 18.4. The highest BCUT2D eigenvalue weighted by Crippen LogP contribution is 2.40. The third-order valence-electron chi connectivity index (χ3n) is 17.0. The van der Waals surface area contributed by atoms with Gasteiger partial charge in [0.05, 0.1) is 50.5 Å². The summed E-state index contributed by atoms with van der Waals surface area (Å²) in [4.78, 5) is 25.1. The Labute approximate surface area is 505 Å². The fourth-order valence-electron chi connectivity index (χ4n) is 13.0. The molecule has 0 aliphatic carbocycles. The van der Waals surface area contributed by atoms with Crippen LogP contribution in [0.2, 0.25) is 0 Å². The number of nitrogens with zero attached hydrogens (tertiary/aromatic N) is 9. The summed E-state index contributed by atoms with van der Waals surface area (Å²) in [6.45, 7) is 0. The summed E-state index contributed by atoms with van der Waals surface area (Å²) >= 11 is 0. The van der Waals surface area contributed by atoms with E-state index in [9.17, 15) is 0 Å². The molecule has 18 rings (SSSR count). The highest BCUT2D eigenvalue weighted by Gasteiger charge is 2.21. The molecule has 0 unspecified atom stereocenters. The second-order valence-corrected chi connectivity index (χ2v) is 22.1. The summed E-state index contributed by atoms with van der Waals surface area (Å²) in [6.07, 6.45) is 4.01. The van der Waals surface area contributed by atoms with Crippen molar-refractivity contribution in [2.24, 2.45) is 0 Å². The van der Waals surface area contributed by atoms with E-state index in [1.54, 1.807) is 0 Å². The minimum absolute atomic E-state index is 0.577. The molecule has 9 heteroatoms. The Kier molecular flexibility index (Phi) is 12.0. The fourth-order valence-corrected chi connectivity index (χ4v) is 13.0. The van der Waals surface area contributed by atoms with Crippen molar-refractivity contribution in [2.45, 2.75) is 0 Å². The second-order valence-electron chi connectivity index (χ2n) is 22.1. The normalized spacial score (nSPS) is 11.6. The molecule has 7 heterocycles. The van der Waals surface area contributed by atoms with Gasteiger partial charge in [0.1, 0.15) is 5.65 Å². The zero-order valence-corrected chi connectivity index (χ0v) is 47.5. The molecule has 0 radical (unpaired) electrons. The minimum atomic E-state index is 0.577. The standard InChI is InChI=1S/C44H28N6.C35H23N3/c1-4-14-29(15-5-1)41-46-42(30-16-6-2-7-17-30)48-44(47-41)50-39-23-13-10-20-34(39)36-26-31(24-25-40(36)50)32-27-37-35-21-11-12-22-38(35)49(43(37)45-28-32)33-18-8-3-9-19-33;1-3-11-25(12-4-1)37-32-17-9-7-15-27(32)29-21-24(19-20-34(29)37)31-22-30-28-16-8-10-18-33(28)38(35(30)23-36-31)26-13-5-2-6-14-26/h1-28H;1-23H. The Hall–Kier alpha value is -12.1. The first-order valence-electron chi connectivity index (χ1n) is 29.6. The van der Waals surface area contributed by atoms with Crippen LogP contribution in [0.3, 0.4) is 0 Å². The number of benzene rings is 11. The van der Waals surface area contributed by atoms with Gasteiger partial charge < -0.3 is 9.13 Å². The number of aromatic nitrogens is 9. The number of rotatable bonds is 8. The number of hydrogen-bond acceptors (Lipinski definition) is 5. The minimum Gasteiger partial charge on any atom is -0.309 e. The van der Waals surface area contributed by atoms with Crippen LogP contribution in [0.25, 0.3) is 156 Å². The average molecular weight is 1130 g/mol. The van der Waals surface area contributed by atoms with E-state index in [1.165, 1.54) is 49.2 Å². The summed E-state index contributed by atoms with van der Waals surface area (Å²) < 4.78 is 9.05. The number of hydrogen-bond donors (Lipinski definition) is 0. The molecule has 18 aromatic rings. The molecule has 7 aromatic heterocycles. The van der Waals surface area contributed by atoms with Crippen LogP contribution >= 0.6 is 0 Å². The van der Waals surface area contributed by atoms with Gasteiger partial charge in [-0.25, -0.2) is 9.97 Å². The van der Waals surface area contributed by atoms with Gasteiger partial charge in [0.25, 0.3) is 0 Å². The van der Waals surface area contributed by atoms with E-state index in [0.29, 0.717) is 17.6 Å². The number of pyridine rings is 2. The zero-order chi connectivity index (χ0) is 58.1. The lowest BCUT2D eigenvalue weighted by atomic mass is 10.0. The molecule has 11 aromatic carbocycles. The van der Waals surface area contributed by atoms with Gasteiger partial charge in [0, 0.05) is 88.6 Å². The predicted octanol–water partition coefficient (Wildman–Crippen LogP) is 19.4. The first-order valence-corrected chi connectivity index (χ1v) is 29.6. The Bertz CT molecular complexity index is 5460. The molecule has 0 saturated carbocycles. The molecule has 0 aliphatic heterocycles. The lowest BCUT2D eigenvalue weighted by Gasteiger charge is -2.11. The van der Waals surface area contributed by atoms with E-state index in [-0.39, 0.29) is 0 Å². The topological polar surface area (TPSA) is 84.2 Å². The molecule has 0 spiro atoms. The van der Waals surface area contributed by atoms with Crippen LogP contribution in [0.4, 0.5) is 0 Å². The van der Waals surface area contributed by atoms with Crippen LogP contribution in [-0.2, 0) is 0 Å². The lowest BCUT2D eigenvalue weighted by Crippen LogP contribution is -2.06. The average Bonchev–Trinajstić information content (AvgIpc) is 2.81. The van der Waals surface area contributed by atoms with Gasteiger partial charge in [-0.15, -0.1) is 0 Å². The summed E-state index contributed by atoms with van der Waals surface area (Å²) in [5, 5.41) is 9.46. The molecule has 0 amide bonds. The molecular formula is C79H51N9. The maximum absolute atomic E-state index is 5.07. The van der Waals surface area contributed by atoms with Crippen molar-refractivity contribution in [2.75, 3.05) is 0 Å². The van der Waals surface area contributed by atoms with E-state index in [1.807, 2.05) is 79.1 Å². The molecule has 0 fully saturated rings. The SMILES string of the molecule is c1ccc(-c2nc(-c3ccccc3)nc(-n3c4ccccc4c4cc(-c5cnc6c(c5)c5ccccc5n6-c5ccccc5)ccc43)n2)cc1.c1ccc(-n2c3ccccc3c3cc(-c4cc5c6ccccc6n(-c6ccccc6)c5cn4)ccc32)cc1. The monoisotopic (exact) mass is 1130 g/mol. The summed E-state index contributed by atoms with van der Waals surface area (Å²) in [5.74, 6) is 1.84. The molecule has 0 saturated heterocycles. The Morgan fingerprint density at radius 1 is 0.216 bits per heavy atom. The maximum atomic E-state index is 5.07. The van der Waals surface area contributed by atoms with Crippen molar-refractivity contribution in [1.29, 1.82) is 0 Å². The van der Waals surface area contributed by atoms with Crippen LogP contribution in [-0.4, -0.2) is 43.2 Å². The highest BCUT2D eigenvalue weighted by atomic mass is 15.2. The smallest absolute Gasteiger partial charge is 0.238 e. The largest absolute Gasteiger partial charge is 0.309 e. The van der Waals surface area contributed by atoms with Gasteiger partial charge in [0.15, 0.2) is 11.6 Å². The van der Waals surface area contributed by atoms with Crippen LogP contribution in [0.5, 0.6) is 0 Å². The molecule has 9 nitrogen and oxygen atoms in total. The second kappa shape index (κ2) is 20.9. The van der Waals surface area contributed by atoms with E-state index >= 15 is 0 Å². The van der Waals surface area contributed by atoms with Gasteiger partial charge in [-0.2, -0.15) is 9.97 Å². The van der Waals surface area contributed by atoms with E-state index in [4.69, 9.17) is 24.9 Å². The fraction of sp³-hybridized carbons (Fsp3) is 0. The molecule has 0 N–H and O–H groups in total. The van der Waals surface area contributed by atoms with Crippen LogP contribution < -0.4 is 0 Å². The Morgan fingerprint density at radius 2 is 0.591 bits per heavy atom. The van der Waals surface area contributed by atoms with Crippen molar-refractivity contribution in [3.05, 3.63) is 310 Å². The molecule has 0 atom stereocenters. The van der Waals surface area contributed by atoms with Crippen LogP contribution in [0.15, 0.2) is 310 Å².